The van der Waals surface area contributed by atoms with Gasteiger partial charge < -0.3 is 8.98 Å². The molecule has 0 unspecified atom stereocenters. The molecule has 0 aliphatic heterocycles. The van der Waals surface area contributed by atoms with Crippen molar-refractivity contribution >= 4 is 11.1 Å². The van der Waals surface area contributed by atoms with Crippen molar-refractivity contribution in [3.63, 3.8) is 0 Å². The van der Waals surface area contributed by atoms with Gasteiger partial charge in [0.1, 0.15) is 18.2 Å². The van der Waals surface area contributed by atoms with Gasteiger partial charge in [-0.3, -0.25) is 0 Å². The molecule has 0 radical (unpaired) electrons. The van der Waals surface area contributed by atoms with Gasteiger partial charge in [0.05, 0.1) is 0 Å². The molecule has 5 nitrogen and oxygen atoms in total. The number of aryl methyl sites for hydroxylation is 1. The summed E-state index contributed by atoms with van der Waals surface area (Å²) in [5.41, 5.74) is 5.03. The topological polar surface area (TPSA) is 56.7 Å². The van der Waals surface area contributed by atoms with Gasteiger partial charge in [0.15, 0.2) is 5.58 Å². The number of aromatic nitrogens is 4. The minimum atomic E-state index is 0.649. The Hall–Kier alpha value is -2.95. The third-order valence-electron chi connectivity index (χ3n) is 3.58. The molecule has 22 heavy (non-hydrogen) atoms. The second kappa shape index (κ2) is 5.11. The number of benzene rings is 2. The fourth-order valence-corrected chi connectivity index (χ4v) is 2.43. The minimum absolute atomic E-state index is 0.649. The van der Waals surface area contributed by atoms with Crippen LogP contribution in [0.4, 0.5) is 0 Å². The maximum atomic E-state index is 5.82. The van der Waals surface area contributed by atoms with Crippen LogP contribution in [-0.2, 0) is 6.54 Å². The van der Waals surface area contributed by atoms with Crippen molar-refractivity contribution in [2.24, 2.45) is 0 Å². The highest BCUT2D eigenvalue weighted by molar-refractivity contribution is 5.76. The number of fused-ring (bicyclic) bond motifs is 1. The lowest BCUT2D eigenvalue weighted by molar-refractivity contribution is 0.619. The number of oxazole rings is 1. The Morgan fingerprint density at radius 1 is 1.00 bits per heavy atom. The van der Waals surface area contributed by atoms with Gasteiger partial charge in [-0.05, 0) is 42.3 Å². The summed E-state index contributed by atoms with van der Waals surface area (Å²) in [6.07, 6.45) is 3.41. The predicted octanol–water partition coefficient (Wildman–Crippen LogP) is 3.44. The lowest BCUT2D eigenvalue weighted by Gasteiger charge is -2.02. The Morgan fingerprint density at radius 2 is 1.77 bits per heavy atom. The molecule has 0 atom stereocenters. The monoisotopic (exact) mass is 290 g/mol. The molecule has 108 valence electrons. The van der Waals surface area contributed by atoms with E-state index in [2.05, 4.69) is 27.3 Å². The van der Waals surface area contributed by atoms with Gasteiger partial charge in [0.25, 0.3) is 0 Å². The van der Waals surface area contributed by atoms with E-state index in [0.717, 1.165) is 23.2 Å². The Kier molecular flexibility index (Phi) is 2.96. The van der Waals surface area contributed by atoms with Crippen LogP contribution >= 0.6 is 0 Å². The van der Waals surface area contributed by atoms with Crippen LogP contribution in [0.5, 0.6) is 0 Å². The molecule has 4 aromatic rings. The van der Waals surface area contributed by atoms with Crippen molar-refractivity contribution in [1.29, 1.82) is 0 Å². The fraction of sp³-hybridized carbons (Fsp3) is 0.118. The molecule has 2 aromatic heterocycles. The lowest BCUT2D eigenvalue weighted by atomic mass is 10.1. The van der Waals surface area contributed by atoms with E-state index < -0.39 is 0 Å². The van der Waals surface area contributed by atoms with Gasteiger partial charge in [0.2, 0.25) is 5.89 Å². The van der Waals surface area contributed by atoms with E-state index in [0.29, 0.717) is 5.89 Å². The van der Waals surface area contributed by atoms with Crippen LogP contribution in [-0.4, -0.2) is 19.7 Å². The largest absolute Gasteiger partial charge is 0.436 e. The van der Waals surface area contributed by atoms with Gasteiger partial charge >= 0.3 is 0 Å². The van der Waals surface area contributed by atoms with Crippen LogP contribution in [0.25, 0.3) is 22.6 Å². The van der Waals surface area contributed by atoms with Crippen LogP contribution < -0.4 is 0 Å². The van der Waals surface area contributed by atoms with E-state index in [9.17, 15) is 0 Å². The molecule has 0 aliphatic rings. The van der Waals surface area contributed by atoms with Crippen molar-refractivity contribution in [3.8, 4) is 11.5 Å². The van der Waals surface area contributed by atoms with Crippen molar-refractivity contribution in [3.05, 3.63) is 66.2 Å². The van der Waals surface area contributed by atoms with E-state index in [4.69, 9.17) is 4.42 Å². The maximum Gasteiger partial charge on any atom is 0.227 e. The lowest BCUT2D eigenvalue weighted by Crippen LogP contribution is -1.96. The quantitative estimate of drug-likeness (QED) is 0.580. The average molecular weight is 290 g/mol. The average Bonchev–Trinajstić information content (AvgIpc) is 3.17. The molecule has 2 aromatic carbocycles. The molecule has 0 aliphatic carbocycles. The third-order valence-corrected chi connectivity index (χ3v) is 3.58. The van der Waals surface area contributed by atoms with E-state index in [-0.39, 0.29) is 0 Å². The first-order chi connectivity index (χ1) is 10.8. The summed E-state index contributed by atoms with van der Waals surface area (Å²) in [5, 5.41) is 7.61. The zero-order valence-electron chi connectivity index (χ0n) is 12.1. The second-order valence-electron chi connectivity index (χ2n) is 5.32. The van der Waals surface area contributed by atoms with Crippen molar-refractivity contribution in [2.75, 3.05) is 0 Å². The highest BCUT2D eigenvalue weighted by Crippen LogP contribution is 2.25. The predicted molar refractivity (Wildman–Crippen MR) is 83.3 cm³/mol. The van der Waals surface area contributed by atoms with Crippen LogP contribution in [0.1, 0.15) is 11.1 Å². The highest BCUT2D eigenvalue weighted by atomic mass is 16.3. The van der Waals surface area contributed by atoms with Crippen LogP contribution in [0, 0.1) is 6.92 Å². The SMILES string of the molecule is Cc1ccc2oc(-c3ccc(Cn4cnnc4)cc3)nc2c1. The van der Waals surface area contributed by atoms with E-state index >= 15 is 0 Å². The third kappa shape index (κ3) is 2.37. The Labute approximate surface area is 127 Å². The van der Waals surface area contributed by atoms with Crippen LogP contribution in [0.3, 0.4) is 0 Å². The van der Waals surface area contributed by atoms with Crippen LogP contribution in [0.15, 0.2) is 59.5 Å². The maximum absolute atomic E-state index is 5.82. The molecule has 0 fully saturated rings. The molecule has 0 saturated heterocycles. The summed E-state index contributed by atoms with van der Waals surface area (Å²) >= 11 is 0. The summed E-state index contributed by atoms with van der Waals surface area (Å²) in [4.78, 5) is 4.56. The first kappa shape index (κ1) is 12.8. The van der Waals surface area contributed by atoms with Crippen molar-refractivity contribution in [1.82, 2.24) is 19.7 Å². The Morgan fingerprint density at radius 3 is 2.55 bits per heavy atom. The summed E-state index contributed by atoms with van der Waals surface area (Å²) < 4.78 is 7.75. The van der Waals surface area contributed by atoms with Crippen molar-refractivity contribution in [2.45, 2.75) is 13.5 Å². The van der Waals surface area contributed by atoms with Gasteiger partial charge in [-0.2, -0.15) is 0 Å². The fourth-order valence-electron chi connectivity index (χ4n) is 2.43. The number of nitrogens with zero attached hydrogens (tertiary/aromatic N) is 4. The molecular formula is C17H14N4O. The zero-order valence-corrected chi connectivity index (χ0v) is 12.1. The molecule has 4 rings (SSSR count). The second-order valence-corrected chi connectivity index (χ2v) is 5.32. The Balaban J connectivity index is 1.63. The molecule has 2 heterocycles. The number of rotatable bonds is 3. The normalized spacial score (nSPS) is 11.1. The van der Waals surface area contributed by atoms with Gasteiger partial charge in [0, 0.05) is 12.1 Å². The van der Waals surface area contributed by atoms with Gasteiger partial charge in [-0.1, -0.05) is 18.2 Å². The molecule has 0 N–H and O–H groups in total. The summed E-state index contributed by atoms with van der Waals surface area (Å²) in [6, 6.07) is 14.2. The highest BCUT2D eigenvalue weighted by Gasteiger charge is 2.08. The molecule has 5 heteroatoms. The molecule has 0 spiro atoms. The summed E-state index contributed by atoms with van der Waals surface area (Å²) in [6.45, 7) is 2.80. The van der Waals surface area contributed by atoms with E-state index in [1.165, 1.54) is 11.1 Å². The standard InChI is InChI=1S/C17H14N4O/c1-12-2-7-16-15(8-12)20-17(22-16)14-5-3-13(4-6-14)9-21-10-18-19-11-21/h2-8,10-11H,9H2,1H3. The van der Waals surface area contributed by atoms with Crippen LogP contribution in [0.2, 0.25) is 0 Å². The number of hydrogen-bond acceptors (Lipinski definition) is 4. The van der Waals surface area contributed by atoms with Crippen molar-refractivity contribution < 1.29 is 4.42 Å². The number of hydrogen-bond donors (Lipinski definition) is 0. The molecule has 0 bridgehead atoms. The minimum Gasteiger partial charge on any atom is -0.436 e. The smallest absolute Gasteiger partial charge is 0.227 e. The van der Waals surface area contributed by atoms with E-state index in [1.54, 1.807) is 12.7 Å². The first-order valence-electron chi connectivity index (χ1n) is 7.07. The molecule has 0 saturated carbocycles. The molecule has 0 amide bonds. The summed E-state index contributed by atoms with van der Waals surface area (Å²) in [5.74, 6) is 0.649. The van der Waals surface area contributed by atoms with E-state index in [1.807, 2.05) is 41.8 Å². The zero-order chi connectivity index (χ0) is 14.9. The van der Waals surface area contributed by atoms with Gasteiger partial charge in [-0.15, -0.1) is 10.2 Å². The molecular weight excluding hydrogens is 276 g/mol. The van der Waals surface area contributed by atoms with Gasteiger partial charge in [-0.25, -0.2) is 4.98 Å². The Bertz CT molecular complexity index is 908. The summed E-state index contributed by atoms with van der Waals surface area (Å²) in [7, 11) is 0. The first-order valence-corrected chi connectivity index (χ1v) is 7.07.